The van der Waals surface area contributed by atoms with E-state index in [1.165, 1.54) is 11.1 Å². The van der Waals surface area contributed by atoms with E-state index in [0.717, 1.165) is 46.7 Å². The maximum atomic E-state index is 12.7. The molecule has 0 aromatic heterocycles. The standard InChI is InChI=1S/2C24H24N2O/c2*1-18(27)26-22-16-10-9-15-21(22)25-24(2,20-13-7-4-8-14-20)17-23(26)19-11-5-3-6-12-19/h2*3-16,23,25H,17H2,1-2H3/t2*23-,24+/m10/s1. The monoisotopic (exact) mass is 712 g/mol. The van der Waals surface area contributed by atoms with Gasteiger partial charge in [0.15, 0.2) is 0 Å². The summed E-state index contributed by atoms with van der Waals surface area (Å²) in [6, 6.07) is 57.7. The molecule has 0 spiro atoms. The van der Waals surface area contributed by atoms with Gasteiger partial charge in [0.2, 0.25) is 11.8 Å². The van der Waals surface area contributed by atoms with Crippen molar-refractivity contribution in [2.24, 2.45) is 0 Å². The van der Waals surface area contributed by atoms with Gasteiger partial charge >= 0.3 is 0 Å². The van der Waals surface area contributed by atoms with E-state index in [0.29, 0.717) is 0 Å². The van der Waals surface area contributed by atoms with Crippen LogP contribution in [0.4, 0.5) is 22.7 Å². The van der Waals surface area contributed by atoms with Crippen LogP contribution in [0.15, 0.2) is 170 Å². The first-order valence-corrected chi connectivity index (χ1v) is 18.7. The van der Waals surface area contributed by atoms with Gasteiger partial charge in [0.05, 0.1) is 45.9 Å². The molecule has 0 saturated carbocycles. The van der Waals surface area contributed by atoms with E-state index in [1.54, 1.807) is 13.8 Å². The molecule has 0 saturated heterocycles. The van der Waals surface area contributed by atoms with Gasteiger partial charge in [0.1, 0.15) is 0 Å². The third-order valence-electron chi connectivity index (χ3n) is 10.8. The summed E-state index contributed by atoms with van der Waals surface area (Å²) in [7, 11) is 0. The molecule has 0 radical (unpaired) electrons. The summed E-state index contributed by atoms with van der Waals surface area (Å²) >= 11 is 0. The molecule has 2 N–H and O–H groups in total. The second-order valence-corrected chi connectivity index (χ2v) is 14.7. The Morgan fingerprint density at radius 2 is 0.759 bits per heavy atom. The van der Waals surface area contributed by atoms with E-state index in [-0.39, 0.29) is 35.0 Å². The largest absolute Gasteiger partial charge is 0.374 e. The molecule has 272 valence electrons. The van der Waals surface area contributed by atoms with Gasteiger partial charge in [-0.25, -0.2) is 0 Å². The van der Waals surface area contributed by atoms with Crippen molar-refractivity contribution in [3.05, 3.63) is 192 Å². The first-order chi connectivity index (χ1) is 26.2. The Morgan fingerprint density at radius 1 is 0.463 bits per heavy atom. The summed E-state index contributed by atoms with van der Waals surface area (Å²) in [4.78, 5) is 29.4. The Kier molecular flexibility index (Phi) is 10.4. The first-order valence-electron chi connectivity index (χ1n) is 18.7. The molecule has 6 aromatic carbocycles. The second kappa shape index (κ2) is 15.5. The Morgan fingerprint density at radius 3 is 1.09 bits per heavy atom. The van der Waals surface area contributed by atoms with Crippen molar-refractivity contribution >= 4 is 34.6 Å². The fourth-order valence-electron chi connectivity index (χ4n) is 8.22. The van der Waals surface area contributed by atoms with Crippen molar-refractivity contribution in [3.63, 3.8) is 0 Å². The van der Waals surface area contributed by atoms with E-state index < -0.39 is 0 Å². The van der Waals surface area contributed by atoms with E-state index in [1.807, 2.05) is 94.7 Å². The van der Waals surface area contributed by atoms with E-state index >= 15 is 0 Å². The van der Waals surface area contributed by atoms with Gasteiger partial charge in [0.25, 0.3) is 0 Å². The molecule has 2 heterocycles. The molecule has 2 aliphatic rings. The van der Waals surface area contributed by atoms with Crippen LogP contribution < -0.4 is 20.4 Å². The SMILES string of the molecule is CC(=O)N1c2ccccc2N[C@@](C)(c2ccccc2)C[C@H]1c1ccccc1.CC(=O)N1c2ccccc2N[C@](C)(c2ccccc2)C[C@@H]1c1ccccc1. The Hall–Kier alpha value is -6.14. The van der Waals surface area contributed by atoms with Crippen LogP contribution in [-0.4, -0.2) is 11.8 Å². The summed E-state index contributed by atoms with van der Waals surface area (Å²) in [6.07, 6.45) is 1.55. The lowest BCUT2D eigenvalue weighted by molar-refractivity contribution is -0.118. The number of nitrogens with zero attached hydrogens (tertiary/aromatic N) is 2. The van der Waals surface area contributed by atoms with Crippen LogP contribution in [-0.2, 0) is 20.7 Å². The van der Waals surface area contributed by atoms with Crippen LogP contribution in [0, 0.1) is 0 Å². The van der Waals surface area contributed by atoms with E-state index in [4.69, 9.17) is 0 Å². The highest BCUT2D eigenvalue weighted by Gasteiger charge is 2.40. The molecular formula is C48H48N4O2. The lowest BCUT2D eigenvalue weighted by atomic mass is 9.83. The molecule has 4 atom stereocenters. The minimum absolute atomic E-state index is 0.0509. The number of anilines is 4. The molecule has 2 aliphatic heterocycles. The molecule has 54 heavy (non-hydrogen) atoms. The molecule has 0 bridgehead atoms. The molecule has 0 unspecified atom stereocenters. The lowest BCUT2D eigenvalue weighted by Gasteiger charge is -2.35. The number of carbonyl (C=O) groups is 2. The van der Waals surface area contributed by atoms with Gasteiger partial charge in [-0.2, -0.15) is 0 Å². The highest BCUT2D eigenvalue weighted by molar-refractivity contribution is 5.97. The van der Waals surface area contributed by atoms with E-state index in [9.17, 15) is 9.59 Å². The van der Waals surface area contributed by atoms with Crippen molar-refractivity contribution in [2.75, 3.05) is 20.4 Å². The van der Waals surface area contributed by atoms with Crippen LogP contribution in [0.2, 0.25) is 0 Å². The Bertz CT molecular complexity index is 2040. The second-order valence-electron chi connectivity index (χ2n) is 14.7. The van der Waals surface area contributed by atoms with Crippen LogP contribution in [0.3, 0.4) is 0 Å². The van der Waals surface area contributed by atoms with Crippen molar-refractivity contribution in [1.82, 2.24) is 0 Å². The smallest absolute Gasteiger partial charge is 0.224 e. The van der Waals surface area contributed by atoms with Gasteiger partial charge in [-0.15, -0.1) is 0 Å². The van der Waals surface area contributed by atoms with Gasteiger partial charge < -0.3 is 20.4 Å². The van der Waals surface area contributed by atoms with Crippen LogP contribution >= 0.6 is 0 Å². The minimum atomic E-state index is -0.304. The number of para-hydroxylation sites is 4. The highest BCUT2D eigenvalue weighted by atomic mass is 16.2. The van der Waals surface area contributed by atoms with Crippen molar-refractivity contribution in [3.8, 4) is 0 Å². The van der Waals surface area contributed by atoms with Gasteiger partial charge in [-0.3, -0.25) is 9.59 Å². The van der Waals surface area contributed by atoms with Crippen LogP contribution in [0.1, 0.15) is 74.9 Å². The molecular weight excluding hydrogens is 665 g/mol. The number of nitrogens with one attached hydrogen (secondary N) is 2. The summed E-state index contributed by atoms with van der Waals surface area (Å²) in [5, 5.41) is 7.49. The summed E-state index contributed by atoms with van der Waals surface area (Å²) in [6.45, 7) is 7.74. The van der Waals surface area contributed by atoms with Crippen molar-refractivity contribution in [1.29, 1.82) is 0 Å². The van der Waals surface area contributed by atoms with Crippen LogP contribution in [0.25, 0.3) is 0 Å². The summed E-state index contributed by atoms with van der Waals surface area (Å²) in [5.41, 5.74) is 7.94. The highest BCUT2D eigenvalue weighted by Crippen LogP contribution is 2.47. The van der Waals surface area contributed by atoms with E-state index in [2.05, 4.69) is 109 Å². The summed E-state index contributed by atoms with van der Waals surface area (Å²) in [5.74, 6) is 0.103. The topological polar surface area (TPSA) is 64.7 Å². The van der Waals surface area contributed by atoms with Gasteiger partial charge in [0, 0.05) is 13.8 Å². The Balaban J connectivity index is 0.000000167. The predicted molar refractivity (Wildman–Crippen MR) is 222 cm³/mol. The number of fused-ring (bicyclic) bond motifs is 2. The average molecular weight is 713 g/mol. The predicted octanol–water partition coefficient (Wildman–Crippen LogP) is 11.0. The van der Waals surface area contributed by atoms with Crippen molar-refractivity contribution in [2.45, 2.75) is 63.7 Å². The lowest BCUT2D eigenvalue weighted by Crippen LogP contribution is -2.37. The zero-order valence-corrected chi connectivity index (χ0v) is 31.4. The number of hydrogen-bond donors (Lipinski definition) is 2. The maximum Gasteiger partial charge on any atom is 0.224 e. The number of amides is 2. The Labute approximate surface area is 319 Å². The molecule has 6 nitrogen and oxygen atoms in total. The molecule has 0 aliphatic carbocycles. The number of carbonyl (C=O) groups excluding carboxylic acids is 2. The van der Waals surface area contributed by atoms with Gasteiger partial charge in [-0.05, 0) is 73.2 Å². The quantitative estimate of drug-likeness (QED) is 0.191. The zero-order valence-electron chi connectivity index (χ0n) is 31.4. The molecule has 2 amide bonds. The number of rotatable bonds is 4. The molecule has 8 rings (SSSR count). The van der Waals surface area contributed by atoms with Gasteiger partial charge in [-0.1, -0.05) is 146 Å². The molecule has 6 aromatic rings. The maximum absolute atomic E-state index is 12.7. The summed E-state index contributed by atoms with van der Waals surface area (Å²) < 4.78 is 0. The third kappa shape index (κ3) is 7.38. The van der Waals surface area contributed by atoms with Crippen molar-refractivity contribution < 1.29 is 9.59 Å². The third-order valence-corrected chi connectivity index (χ3v) is 10.8. The zero-order chi connectivity index (χ0) is 37.7. The fraction of sp³-hybridized carbons (Fsp3) is 0.208. The fourth-order valence-corrected chi connectivity index (χ4v) is 8.22. The first kappa shape index (κ1) is 36.2. The minimum Gasteiger partial charge on any atom is -0.374 e. The molecule has 6 heteroatoms. The molecule has 0 fully saturated rings. The normalized spacial score (nSPS) is 21.7. The number of benzene rings is 6. The average Bonchev–Trinajstić information content (AvgIpc) is 3.44. The van der Waals surface area contributed by atoms with Crippen LogP contribution in [0.5, 0.6) is 0 Å². The number of hydrogen-bond acceptors (Lipinski definition) is 4.